The van der Waals surface area contributed by atoms with Gasteiger partial charge in [-0.25, -0.2) is 0 Å². The van der Waals surface area contributed by atoms with Crippen LogP contribution in [0.5, 0.6) is 5.75 Å². The summed E-state index contributed by atoms with van der Waals surface area (Å²) in [7, 11) is 0. The lowest BCUT2D eigenvalue weighted by Crippen LogP contribution is -2.10. The van der Waals surface area contributed by atoms with E-state index in [4.69, 9.17) is 9.26 Å². The van der Waals surface area contributed by atoms with E-state index in [0.717, 1.165) is 11.3 Å². The summed E-state index contributed by atoms with van der Waals surface area (Å²) >= 11 is 0. The summed E-state index contributed by atoms with van der Waals surface area (Å²) < 4.78 is 11.3. The van der Waals surface area contributed by atoms with Crippen molar-refractivity contribution in [3.63, 3.8) is 0 Å². The lowest BCUT2D eigenvalue weighted by molar-refractivity contribution is 0.175. The van der Waals surface area contributed by atoms with Crippen LogP contribution in [0.3, 0.4) is 0 Å². The minimum absolute atomic E-state index is 0.125. The molecule has 0 aliphatic rings. The van der Waals surface area contributed by atoms with Crippen LogP contribution >= 0.6 is 0 Å². The molecule has 0 fully saturated rings. The van der Waals surface area contributed by atoms with Crippen molar-refractivity contribution in [1.29, 1.82) is 0 Å². The zero-order valence-electron chi connectivity index (χ0n) is 15.4. The van der Waals surface area contributed by atoms with E-state index in [-0.39, 0.29) is 11.5 Å². The fraction of sp³-hybridized carbons (Fsp3) is 0.333. The molecule has 1 atom stereocenters. The lowest BCUT2D eigenvalue weighted by Gasteiger charge is -2.19. The molecule has 0 amide bonds. The van der Waals surface area contributed by atoms with Crippen LogP contribution in [0.1, 0.15) is 50.8 Å². The third-order valence-corrected chi connectivity index (χ3v) is 4.13. The molecule has 0 saturated carbocycles. The summed E-state index contributed by atoms with van der Waals surface area (Å²) in [6, 6.07) is 16.2. The molecule has 0 N–H and O–H groups in total. The lowest BCUT2D eigenvalue weighted by atomic mass is 9.87. The van der Waals surface area contributed by atoms with Gasteiger partial charge in [-0.1, -0.05) is 67.9 Å². The van der Waals surface area contributed by atoms with E-state index < -0.39 is 0 Å². The Hall–Kier alpha value is -2.62. The van der Waals surface area contributed by atoms with Gasteiger partial charge in [0.25, 0.3) is 5.89 Å². The van der Waals surface area contributed by atoms with E-state index in [1.807, 2.05) is 50.2 Å². The molecule has 0 aliphatic heterocycles. The minimum Gasteiger partial charge on any atom is -0.481 e. The molecule has 2 aromatic carbocycles. The molecule has 25 heavy (non-hydrogen) atoms. The Bertz CT molecular complexity index is 828. The van der Waals surface area contributed by atoms with E-state index in [2.05, 4.69) is 43.0 Å². The number of benzene rings is 2. The molecule has 1 unspecified atom stereocenters. The largest absolute Gasteiger partial charge is 0.481 e. The summed E-state index contributed by atoms with van der Waals surface area (Å²) in [6.45, 7) is 10.5. The Balaban J connectivity index is 1.71. The van der Waals surface area contributed by atoms with Crippen LogP contribution in [0.25, 0.3) is 11.4 Å². The fourth-order valence-corrected chi connectivity index (χ4v) is 2.51. The Morgan fingerprint density at radius 1 is 0.960 bits per heavy atom. The number of aromatic nitrogens is 2. The second-order valence-electron chi connectivity index (χ2n) is 7.36. The van der Waals surface area contributed by atoms with Gasteiger partial charge in [0.05, 0.1) is 0 Å². The highest BCUT2D eigenvalue weighted by Crippen LogP contribution is 2.27. The zero-order chi connectivity index (χ0) is 18.0. The van der Waals surface area contributed by atoms with Crippen LogP contribution in [-0.4, -0.2) is 10.1 Å². The van der Waals surface area contributed by atoms with Crippen molar-refractivity contribution in [2.45, 2.75) is 46.1 Å². The van der Waals surface area contributed by atoms with Gasteiger partial charge in [0.1, 0.15) is 5.75 Å². The molecule has 0 radical (unpaired) electrons. The molecule has 130 valence electrons. The Morgan fingerprint density at radius 2 is 1.60 bits per heavy atom. The first-order chi connectivity index (χ1) is 11.8. The Kier molecular flexibility index (Phi) is 4.62. The summed E-state index contributed by atoms with van der Waals surface area (Å²) in [5, 5.41) is 4.06. The molecule has 0 saturated heterocycles. The van der Waals surface area contributed by atoms with Gasteiger partial charge in [0.15, 0.2) is 6.10 Å². The maximum Gasteiger partial charge on any atom is 0.267 e. The van der Waals surface area contributed by atoms with E-state index in [0.29, 0.717) is 11.7 Å². The quantitative estimate of drug-likeness (QED) is 0.633. The van der Waals surface area contributed by atoms with E-state index >= 15 is 0 Å². The fourth-order valence-electron chi connectivity index (χ4n) is 2.51. The SMILES string of the molecule is Cc1ccc(-c2noc(C(C)Oc3ccc(C(C)(C)C)cc3)n2)cc1. The molecule has 4 nitrogen and oxygen atoms in total. The number of hydrogen-bond acceptors (Lipinski definition) is 4. The molecule has 1 aromatic heterocycles. The standard InChI is InChI=1S/C21H24N2O2/c1-14-6-8-16(9-7-14)19-22-20(25-23-19)15(2)24-18-12-10-17(11-13-18)21(3,4)5/h6-13,15H,1-5H3. The number of nitrogens with zero attached hydrogens (tertiary/aromatic N) is 2. The van der Waals surface area contributed by atoms with Crippen LogP contribution < -0.4 is 4.74 Å². The van der Waals surface area contributed by atoms with Gasteiger partial charge in [-0.05, 0) is 37.0 Å². The molecule has 0 aliphatic carbocycles. The molecule has 3 aromatic rings. The number of rotatable bonds is 4. The maximum atomic E-state index is 5.94. The number of ether oxygens (including phenoxy) is 1. The second kappa shape index (κ2) is 6.71. The molecular formula is C21H24N2O2. The van der Waals surface area contributed by atoms with Crippen molar-refractivity contribution >= 4 is 0 Å². The topological polar surface area (TPSA) is 48.2 Å². The average Bonchev–Trinajstić information content (AvgIpc) is 3.05. The van der Waals surface area contributed by atoms with Crippen LogP contribution in [-0.2, 0) is 5.41 Å². The van der Waals surface area contributed by atoms with E-state index in [1.165, 1.54) is 11.1 Å². The number of hydrogen-bond donors (Lipinski definition) is 0. The number of aryl methyl sites for hydroxylation is 1. The van der Waals surface area contributed by atoms with Crippen molar-refractivity contribution in [2.24, 2.45) is 0 Å². The maximum absolute atomic E-state index is 5.94. The summed E-state index contributed by atoms with van der Waals surface area (Å²) in [5.41, 5.74) is 3.52. The van der Waals surface area contributed by atoms with Gasteiger partial charge in [0, 0.05) is 5.56 Å². The minimum atomic E-state index is -0.313. The molecular weight excluding hydrogens is 312 g/mol. The van der Waals surface area contributed by atoms with Gasteiger partial charge < -0.3 is 9.26 Å². The van der Waals surface area contributed by atoms with Gasteiger partial charge in [0.2, 0.25) is 5.82 Å². The predicted molar refractivity (Wildman–Crippen MR) is 98.7 cm³/mol. The molecule has 0 spiro atoms. The van der Waals surface area contributed by atoms with Gasteiger partial charge in [-0.15, -0.1) is 0 Å². The van der Waals surface area contributed by atoms with Crippen molar-refractivity contribution in [1.82, 2.24) is 10.1 Å². The summed E-state index contributed by atoms with van der Waals surface area (Å²) in [5.74, 6) is 1.83. The van der Waals surface area contributed by atoms with Crippen molar-refractivity contribution in [3.8, 4) is 17.1 Å². The Labute approximate surface area is 148 Å². The van der Waals surface area contributed by atoms with Crippen molar-refractivity contribution in [3.05, 3.63) is 65.5 Å². The normalized spacial score (nSPS) is 12.8. The van der Waals surface area contributed by atoms with Gasteiger partial charge in [-0.2, -0.15) is 4.98 Å². The first-order valence-corrected chi connectivity index (χ1v) is 8.51. The van der Waals surface area contributed by atoms with Crippen LogP contribution in [0.4, 0.5) is 0 Å². The summed E-state index contributed by atoms with van der Waals surface area (Å²) in [6.07, 6.45) is -0.313. The van der Waals surface area contributed by atoms with Crippen molar-refractivity contribution in [2.75, 3.05) is 0 Å². The average molecular weight is 336 g/mol. The zero-order valence-corrected chi connectivity index (χ0v) is 15.4. The third kappa shape index (κ3) is 4.08. The van der Waals surface area contributed by atoms with Gasteiger partial charge in [-0.3, -0.25) is 0 Å². The third-order valence-electron chi connectivity index (χ3n) is 4.13. The monoisotopic (exact) mass is 336 g/mol. The van der Waals surface area contributed by atoms with E-state index in [9.17, 15) is 0 Å². The second-order valence-corrected chi connectivity index (χ2v) is 7.36. The molecule has 1 heterocycles. The van der Waals surface area contributed by atoms with Crippen LogP contribution in [0.2, 0.25) is 0 Å². The van der Waals surface area contributed by atoms with Gasteiger partial charge >= 0.3 is 0 Å². The van der Waals surface area contributed by atoms with Crippen LogP contribution in [0.15, 0.2) is 53.1 Å². The van der Waals surface area contributed by atoms with Crippen molar-refractivity contribution < 1.29 is 9.26 Å². The predicted octanol–water partition coefficient (Wildman–Crippen LogP) is 5.48. The van der Waals surface area contributed by atoms with E-state index in [1.54, 1.807) is 0 Å². The molecule has 4 heteroatoms. The Morgan fingerprint density at radius 3 is 2.20 bits per heavy atom. The smallest absolute Gasteiger partial charge is 0.267 e. The highest BCUT2D eigenvalue weighted by atomic mass is 16.5. The highest BCUT2D eigenvalue weighted by Gasteiger charge is 2.18. The van der Waals surface area contributed by atoms with Crippen LogP contribution in [0, 0.1) is 6.92 Å². The molecule has 3 rings (SSSR count). The molecule has 0 bridgehead atoms. The first kappa shape index (κ1) is 17.2. The first-order valence-electron chi connectivity index (χ1n) is 8.51. The highest BCUT2D eigenvalue weighted by molar-refractivity contribution is 5.54. The summed E-state index contributed by atoms with van der Waals surface area (Å²) in [4.78, 5) is 4.46.